The molecule has 0 radical (unpaired) electrons. The number of anilines is 2. The fourth-order valence-corrected chi connectivity index (χ4v) is 5.80. The second kappa shape index (κ2) is 10.5. The number of ether oxygens (including phenoxy) is 1. The number of fused-ring (bicyclic) bond motifs is 1. The molecular formula is C27H29F2N5O3S. The predicted octanol–water partition coefficient (Wildman–Crippen LogP) is 5.36. The molecule has 0 saturated carbocycles. The van der Waals surface area contributed by atoms with Gasteiger partial charge in [-0.1, -0.05) is 6.07 Å². The van der Waals surface area contributed by atoms with Gasteiger partial charge in [0.15, 0.2) is 9.84 Å². The molecular weight excluding hydrogens is 512 g/mol. The van der Waals surface area contributed by atoms with Crippen molar-refractivity contribution in [2.45, 2.75) is 63.4 Å². The van der Waals surface area contributed by atoms with Crippen molar-refractivity contribution >= 4 is 32.6 Å². The van der Waals surface area contributed by atoms with Crippen molar-refractivity contribution in [3.63, 3.8) is 0 Å². The second-order valence-corrected chi connectivity index (χ2v) is 11.8. The molecule has 0 amide bonds. The Morgan fingerprint density at radius 3 is 2.53 bits per heavy atom. The molecule has 5 rings (SSSR count). The minimum Gasteiger partial charge on any atom is -0.374 e. The van der Waals surface area contributed by atoms with Gasteiger partial charge in [0.25, 0.3) is 6.43 Å². The Hall–Kier alpha value is -3.31. The minimum absolute atomic E-state index is 0.0752. The van der Waals surface area contributed by atoms with E-state index in [9.17, 15) is 17.2 Å². The van der Waals surface area contributed by atoms with Crippen LogP contribution in [0.3, 0.4) is 0 Å². The van der Waals surface area contributed by atoms with Gasteiger partial charge in [-0.3, -0.25) is 4.98 Å². The van der Waals surface area contributed by atoms with Gasteiger partial charge in [0, 0.05) is 37.1 Å². The highest BCUT2D eigenvalue weighted by molar-refractivity contribution is 7.90. The van der Waals surface area contributed by atoms with Crippen molar-refractivity contribution in [2.75, 3.05) is 18.2 Å². The maximum atomic E-state index is 13.6. The van der Waals surface area contributed by atoms with E-state index in [0.29, 0.717) is 47.3 Å². The van der Waals surface area contributed by atoms with E-state index < -0.39 is 16.3 Å². The lowest BCUT2D eigenvalue weighted by Gasteiger charge is -2.24. The predicted molar refractivity (Wildman–Crippen MR) is 141 cm³/mol. The van der Waals surface area contributed by atoms with Crippen LogP contribution in [0.2, 0.25) is 0 Å². The first-order valence-electron chi connectivity index (χ1n) is 12.5. The third-order valence-electron chi connectivity index (χ3n) is 6.58. The molecule has 38 heavy (non-hydrogen) atoms. The molecule has 0 bridgehead atoms. The Kier molecular flexibility index (Phi) is 7.23. The van der Waals surface area contributed by atoms with Crippen molar-refractivity contribution in [2.24, 2.45) is 4.99 Å². The maximum absolute atomic E-state index is 13.6. The van der Waals surface area contributed by atoms with Crippen molar-refractivity contribution in [1.82, 2.24) is 15.0 Å². The van der Waals surface area contributed by atoms with E-state index in [0.717, 1.165) is 42.5 Å². The molecule has 200 valence electrons. The first-order chi connectivity index (χ1) is 18.1. The first kappa shape index (κ1) is 26.3. The van der Waals surface area contributed by atoms with E-state index in [4.69, 9.17) is 4.74 Å². The summed E-state index contributed by atoms with van der Waals surface area (Å²) in [4.78, 5) is 17.6. The Bertz CT molecular complexity index is 1500. The smallest absolute Gasteiger partial charge is 0.277 e. The molecule has 1 unspecified atom stereocenters. The van der Waals surface area contributed by atoms with Crippen LogP contribution in [0.5, 0.6) is 0 Å². The van der Waals surface area contributed by atoms with Crippen LogP contribution in [0, 0.1) is 13.8 Å². The number of aliphatic imine (C=N–C) groups is 1. The van der Waals surface area contributed by atoms with Crippen molar-refractivity contribution < 1.29 is 21.9 Å². The van der Waals surface area contributed by atoms with Gasteiger partial charge in [-0.05, 0) is 62.9 Å². The number of nitrogens with one attached hydrogen (secondary N) is 1. The molecule has 1 atom stereocenters. The van der Waals surface area contributed by atoms with E-state index in [2.05, 4.69) is 25.3 Å². The van der Waals surface area contributed by atoms with Gasteiger partial charge in [0.1, 0.15) is 11.5 Å². The summed E-state index contributed by atoms with van der Waals surface area (Å²) in [5.74, 6) is 0.627. The number of pyridine rings is 1. The fraction of sp³-hybridized carbons (Fsp3) is 0.407. The van der Waals surface area contributed by atoms with Crippen LogP contribution < -0.4 is 5.32 Å². The number of alkyl halides is 2. The zero-order valence-electron chi connectivity index (χ0n) is 21.5. The van der Waals surface area contributed by atoms with Gasteiger partial charge in [-0.15, -0.1) is 0 Å². The van der Waals surface area contributed by atoms with Gasteiger partial charge >= 0.3 is 0 Å². The van der Waals surface area contributed by atoms with E-state index in [1.54, 1.807) is 25.1 Å². The first-order valence-corrected chi connectivity index (χ1v) is 14.4. The summed E-state index contributed by atoms with van der Waals surface area (Å²) >= 11 is 0. The van der Waals surface area contributed by atoms with Crippen LogP contribution >= 0.6 is 0 Å². The average molecular weight is 542 g/mol. The topological polar surface area (TPSA) is 106 Å². The highest BCUT2D eigenvalue weighted by Crippen LogP contribution is 2.39. The van der Waals surface area contributed by atoms with Crippen LogP contribution in [0.4, 0.5) is 25.8 Å². The maximum Gasteiger partial charge on any atom is 0.277 e. The standard InChI is InChI=1S/C27H29F2N5O3S/c1-15-10-18(31-16(2)30-15)12-19-13-21(26-22(32-19)14-23(34-26)27(28)29)33-20-8-7-17(11-25(20)38(3,35)36)24-6-4-5-9-37-24/h7-8,10-11,13,24,27H,4-6,9,12,14H2,1-3H3,(H,32,33). The number of halogens is 2. The number of rotatable bonds is 7. The Morgan fingerprint density at radius 2 is 1.84 bits per heavy atom. The third-order valence-corrected chi connectivity index (χ3v) is 7.72. The zero-order valence-corrected chi connectivity index (χ0v) is 22.3. The minimum atomic E-state index is -3.63. The molecule has 11 heteroatoms. The Labute approximate surface area is 220 Å². The molecule has 3 aromatic rings. The van der Waals surface area contributed by atoms with Crippen LogP contribution in [0.25, 0.3) is 0 Å². The third kappa shape index (κ3) is 5.73. The highest BCUT2D eigenvalue weighted by Gasteiger charge is 2.27. The molecule has 2 aliphatic heterocycles. The Morgan fingerprint density at radius 1 is 1.05 bits per heavy atom. The van der Waals surface area contributed by atoms with Crippen LogP contribution in [-0.2, 0) is 27.4 Å². The summed E-state index contributed by atoms with van der Waals surface area (Å²) in [5, 5.41) is 3.17. The molecule has 2 aromatic heterocycles. The molecule has 1 fully saturated rings. The lowest BCUT2D eigenvalue weighted by molar-refractivity contribution is 0.0148. The molecule has 0 spiro atoms. The summed E-state index contributed by atoms with van der Waals surface area (Å²) < 4.78 is 58.5. The van der Waals surface area contributed by atoms with E-state index in [1.807, 2.05) is 19.1 Å². The molecule has 1 aromatic carbocycles. The molecule has 2 aliphatic rings. The number of aromatic nitrogens is 3. The molecule has 4 heterocycles. The lowest BCUT2D eigenvalue weighted by Crippen LogP contribution is -2.13. The number of hydrogen-bond donors (Lipinski definition) is 1. The molecule has 0 aliphatic carbocycles. The SMILES string of the molecule is Cc1cc(Cc2cc(Nc3ccc(C4CCCCO4)cc3S(C)(=O)=O)c3c(n2)CC(C(F)F)=N3)nc(C)n1. The van der Waals surface area contributed by atoms with E-state index in [1.165, 1.54) is 0 Å². The van der Waals surface area contributed by atoms with Crippen molar-refractivity contribution in [3.05, 3.63) is 64.5 Å². The summed E-state index contributed by atoms with van der Waals surface area (Å²) in [7, 11) is -3.63. The average Bonchev–Trinajstić information content (AvgIpc) is 3.28. The van der Waals surface area contributed by atoms with Gasteiger partial charge in [-0.2, -0.15) is 0 Å². The number of nitrogens with zero attached hydrogens (tertiary/aromatic N) is 4. The lowest BCUT2D eigenvalue weighted by atomic mass is 10.0. The zero-order chi connectivity index (χ0) is 27.0. The number of hydrogen-bond acceptors (Lipinski definition) is 8. The number of benzene rings is 1. The second-order valence-electron chi connectivity index (χ2n) is 9.77. The van der Waals surface area contributed by atoms with E-state index in [-0.39, 0.29) is 23.1 Å². The normalized spacial score (nSPS) is 17.4. The van der Waals surface area contributed by atoms with Crippen molar-refractivity contribution in [1.29, 1.82) is 0 Å². The number of sulfone groups is 1. The number of aryl methyl sites for hydroxylation is 2. The van der Waals surface area contributed by atoms with Gasteiger partial charge < -0.3 is 10.1 Å². The van der Waals surface area contributed by atoms with Crippen LogP contribution in [0.15, 0.2) is 40.2 Å². The molecule has 1 N–H and O–H groups in total. The molecule has 1 saturated heterocycles. The van der Waals surface area contributed by atoms with Gasteiger partial charge in [-0.25, -0.2) is 32.2 Å². The van der Waals surface area contributed by atoms with Gasteiger partial charge in [0.2, 0.25) is 0 Å². The largest absolute Gasteiger partial charge is 0.374 e. The van der Waals surface area contributed by atoms with Crippen molar-refractivity contribution in [3.8, 4) is 0 Å². The van der Waals surface area contributed by atoms with Crippen LogP contribution in [0.1, 0.15) is 59.5 Å². The molecule has 8 nitrogen and oxygen atoms in total. The fourth-order valence-electron chi connectivity index (χ4n) is 4.93. The quantitative estimate of drug-likeness (QED) is 0.429. The summed E-state index contributed by atoms with van der Waals surface area (Å²) in [6.07, 6.45) is 1.38. The summed E-state index contributed by atoms with van der Waals surface area (Å²) in [6, 6.07) is 8.74. The van der Waals surface area contributed by atoms with E-state index >= 15 is 0 Å². The van der Waals surface area contributed by atoms with Gasteiger partial charge in [0.05, 0.1) is 39.5 Å². The summed E-state index contributed by atoms with van der Waals surface area (Å²) in [6.45, 7) is 4.32. The Balaban J connectivity index is 1.55. The highest BCUT2D eigenvalue weighted by atomic mass is 32.2. The monoisotopic (exact) mass is 541 g/mol. The van der Waals surface area contributed by atoms with Crippen LogP contribution in [-0.4, -0.2) is 48.4 Å². The summed E-state index contributed by atoms with van der Waals surface area (Å²) in [5.41, 5.74) is 4.14.